The zero-order valence-corrected chi connectivity index (χ0v) is 16.2. The fourth-order valence-corrected chi connectivity index (χ4v) is 5.79. The number of thiophene rings is 1. The van der Waals surface area contributed by atoms with Gasteiger partial charge in [-0.05, 0) is 55.2 Å². The molecule has 0 radical (unpaired) electrons. The van der Waals surface area contributed by atoms with Crippen molar-refractivity contribution in [3.05, 3.63) is 57.8 Å². The van der Waals surface area contributed by atoms with Crippen molar-refractivity contribution in [2.45, 2.75) is 30.2 Å². The maximum atomic E-state index is 12.5. The van der Waals surface area contributed by atoms with Crippen LogP contribution in [0.15, 0.2) is 47.4 Å². The Kier molecular flexibility index (Phi) is 4.02. The van der Waals surface area contributed by atoms with Crippen LogP contribution in [0.1, 0.15) is 33.7 Å². The highest BCUT2D eigenvalue weighted by Gasteiger charge is 2.39. The molecule has 0 saturated carbocycles. The van der Waals surface area contributed by atoms with Crippen molar-refractivity contribution >= 4 is 27.0 Å². The first kappa shape index (κ1) is 16.8. The fraction of sp³-hybridized carbons (Fsp3) is 0.368. The molecule has 4 rings (SSSR count). The lowest BCUT2D eigenvalue weighted by atomic mass is 9.79. The van der Waals surface area contributed by atoms with Gasteiger partial charge in [0.05, 0.1) is 10.9 Å². The lowest BCUT2D eigenvalue weighted by molar-refractivity contribution is 0.429. The first-order chi connectivity index (χ1) is 11.9. The molecular weight excluding hydrogens is 352 g/mol. The lowest BCUT2D eigenvalue weighted by Crippen LogP contribution is -2.29. The zero-order valence-electron chi connectivity index (χ0n) is 14.6. The zero-order chi connectivity index (χ0) is 17.8. The maximum Gasteiger partial charge on any atom is 0.242 e. The Hall–Kier alpha value is -1.63. The molecule has 1 aromatic carbocycles. The Morgan fingerprint density at radius 1 is 1.20 bits per heavy atom. The molecule has 0 fully saturated rings. The minimum atomic E-state index is -3.42. The minimum absolute atomic E-state index is 0.265. The third kappa shape index (κ3) is 2.72. The molecule has 2 aliphatic rings. The molecule has 6 heteroatoms. The molecule has 1 aromatic heterocycles. The molecule has 0 bridgehead atoms. The number of anilines is 1. The fourth-order valence-electron chi connectivity index (χ4n) is 3.85. The summed E-state index contributed by atoms with van der Waals surface area (Å²) >= 11 is 1.84. The number of sulfonamides is 1. The number of aryl methyl sites for hydroxylation is 1. The molecule has 0 saturated heterocycles. The van der Waals surface area contributed by atoms with E-state index in [4.69, 9.17) is 0 Å². The number of rotatable bonds is 3. The third-order valence-corrected chi connectivity index (χ3v) is 8.08. The van der Waals surface area contributed by atoms with Crippen molar-refractivity contribution in [3.8, 4) is 0 Å². The van der Waals surface area contributed by atoms with Gasteiger partial charge in [0.2, 0.25) is 10.0 Å². The molecule has 0 spiro atoms. The van der Waals surface area contributed by atoms with E-state index in [0.717, 1.165) is 17.7 Å². The quantitative estimate of drug-likeness (QED) is 0.822. The van der Waals surface area contributed by atoms with Gasteiger partial charge in [-0.1, -0.05) is 12.2 Å². The Morgan fingerprint density at radius 3 is 2.68 bits per heavy atom. The summed E-state index contributed by atoms with van der Waals surface area (Å²) in [7, 11) is -0.278. The summed E-state index contributed by atoms with van der Waals surface area (Å²) in [5.41, 5.74) is 2.13. The molecule has 0 amide bonds. The predicted molar refractivity (Wildman–Crippen MR) is 103 cm³/mol. The van der Waals surface area contributed by atoms with Gasteiger partial charge in [0, 0.05) is 35.5 Å². The van der Waals surface area contributed by atoms with E-state index in [1.54, 1.807) is 20.2 Å². The van der Waals surface area contributed by atoms with Gasteiger partial charge in [0.15, 0.2) is 0 Å². The second-order valence-corrected chi connectivity index (χ2v) is 10.4. The number of nitrogens with one attached hydrogen (secondary N) is 1. The molecule has 4 nitrogen and oxygen atoms in total. The van der Waals surface area contributed by atoms with Crippen LogP contribution < -0.4 is 5.32 Å². The summed E-state index contributed by atoms with van der Waals surface area (Å²) in [6, 6.07) is 10.1. The van der Waals surface area contributed by atoms with Gasteiger partial charge in [-0.15, -0.1) is 11.3 Å². The van der Waals surface area contributed by atoms with Crippen LogP contribution in [0.4, 0.5) is 5.69 Å². The van der Waals surface area contributed by atoms with Gasteiger partial charge in [-0.2, -0.15) is 0 Å². The summed E-state index contributed by atoms with van der Waals surface area (Å²) in [4.78, 5) is 3.03. The highest BCUT2D eigenvalue weighted by molar-refractivity contribution is 7.89. The minimum Gasteiger partial charge on any atom is -0.377 e. The van der Waals surface area contributed by atoms with Gasteiger partial charge >= 0.3 is 0 Å². The number of allylic oxidation sites excluding steroid dienone is 2. The van der Waals surface area contributed by atoms with E-state index in [0.29, 0.717) is 10.8 Å². The normalized spacial score (nSPS) is 24.9. The van der Waals surface area contributed by atoms with Crippen LogP contribution in [0, 0.1) is 12.8 Å². The van der Waals surface area contributed by atoms with Crippen LogP contribution in [0.5, 0.6) is 0 Å². The van der Waals surface area contributed by atoms with Crippen molar-refractivity contribution in [2.24, 2.45) is 5.92 Å². The maximum absolute atomic E-state index is 12.5. The van der Waals surface area contributed by atoms with Crippen LogP contribution in [0.25, 0.3) is 0 Å². The topological polar surface area (TPSA) is 49.4 Å². The molecular formula is C19H22N2O2S2. The smallest absolute Gasteiger partial charge is 0.242 e. The number of nitrogens with zero attached hydrogens (tertiary/aromatic N) is 1. The summed E-state index contributed by atoms with van der Waals surface area (Å²) < 4.78 is 26.2. The van der Waals surface area contributed by atoms with Crippen LogP contribution in [-0.2, 0) is 10.0 Å². The first-order valence-corrected chi connectivity index (χ1v) is 10.7. The largest absolute Gasteiger partial charge is 0.377 e. The SMILES string of the molecule is Cc1ccc(C2Nc3ccc(S(=O)(=O)N(C)C)cc3C3C=CCC32)s1. The Labute approximate surface area is 153 Å². The van der Waals surface area contributed by atoms with E-state index < -0.39 is 10.0 Å². The number of hydrogen-bond acceptors (Lipinski definition) is 4. The molecule has 25 heavy (non-hydrogen) atoms. The van der Waals surface area contributed by atoms with Gasteiger partial charge in [-0.3, -0.25) is 0 Å². The monoisotopic (exact) mass is 374 g/mol. The van der Waals surface area contributed by atoms with E-state index in [-0.39, 0.29) is 12.0 Å². The van der Waals surface area contributed by atoms with Crippen LogP contribution >= 0.6 is 11.3 Å². The number of hydrogen-bond donors (Lipinski definition) is 1. The number of fused-ring (bicyclic) bond motifs is 3. The van der Waals surface area contributed by atoms with E-state index in [1.807, 2.05) is 23.5 Å². The second-order valence-electron chi connectivity index (χ2n) is 6.96. The van der Waals surface area contributed by atoms with Gasteiger partial charge in [0.25, 0.3) is 0 Å². The van der Waals surface area contributed by atoms with E-state index in [9.17, 15) is 8.42 Å². The van der Waals surface area contributed by atoms with Crippen molar-refractivity contribution in [1.29, 1.82) is 0 Å². The van der Waals surface area contributed by atoms with E-state index in [1.165, 1.54) is 14.1 Å². The molecule has 132 valence electrons. The molecule has 1 aliphatic heterocycles. The highest BCUT2D eigenvalue weighted by Crippen LogP contribution is 2.51. The van der Waals surface area contributed by atoms with Crippen LogP contribution in [0.3, 0.4) is 0 Å². The van der Waals surface area contributed by atoms with E-state index in [2.05, 4.69) is 36.5 Å². The summed E-state index contributed by atoms with van der Waals surface area (Å²) in [6.45, 7) is 2.13. The van der Waals surface area contributed by atoms with E-state index >= 15 is 0 Å². The highest BCUT2D eigenvalue weighted by atomic mass is 32.2. The molecule has 3 unspecified atom stereocenters. The van der Waals surface area contributed by atoms with Gasteiger partial charge < -0.3 is 5.32 Å². The predicted octanol–water partition coefficient (Wildman–Crippen LogP) is 4.13. The standard InChI is InChI=1S/C19H22N2O2S2/c1-12-7-10-18(24-12)19-15-6-4-5-14(15)16-11-13(8-9-17(16)20-19)25(22,23)21(2)3/h4-5,7-11,14-15,19-20H,6H2,1-3H3. The second kappa shape index (κ2) is 5.97. The van der Waals surface area contributed by atoms with Crippen molar-refractivity contribution in [1.82, 2.24) is 4.31 Å². The molecule has 2 aromatic rings. The van der Waals surface area contributed by atoms with Crippen LogP contribution in [0.2, 0.25) is 0 Å². The van der Waals surface area contributed by atoms with Crippen molar-refractivity contribution in [2.75, 3.05) is 19.4 Å². The average molecular weight is 375 g/mol. The first-order valence-electron chi connectivity index (χ1n) is 8.44. The molecule has 1 N–H and O–H groups in total. The average Bonchev–Trinajstić information content (AvgIpc) is 3.22. The van der Waals surface area contributed by atoms with Gasteiger partial charge in [-0.25, -0.2) is 12.7 Å². The summed E-state index contributed by atoms with van der Waals surface area (Å²) in [5.74, 6) is 0.698. The summed E-state index contributed by atoms with van der Waals surface area (Å²) in [6.07, 6.45) is 5.49. The Balaban J connectivity index is 1.78. The third-order valence-electron chi connectivity index (χ3n) is 5.18. The van der Waals surface area contributed by atoms with Crippen molar-refractivity contribution < 1.29 is 8.42 Å². The van der Waals surface area contributed by atoms with Crippen LogP contribution in [-0.4, -0.2) is 26.8 Å². The van der Waals surface area contributed by atoms with Crippen molar-refractivity contribution in [3.63, 3.8) is 0 Å². The molecule has 2 heterocycles. The van der Waals surface area contributed by atoms with Gasteiger partial charge in [0.1, 0.15) is 0 Å². The lowest BCUT2D eigenvalue weighted by Gasteiger charge is -2.37. The molecule has 1 aliphatic carbocycles. The Morgan fingerprint density at radius 2 is 2.00 bits per heavy atom. The summed E-state index contributed by atoms with van der Waals surface area (Å²) in [5, 5.41) is 3.67. The number of benzene rings is 1. The Bertz CT molecular complexity index is 944. The molecule has 3 atom stereocenters.